The van der Waals surface area contributed by atoms with Gasteiger partial charge in [-0.3, -0.25) is 4.21 Å². The molecule has 1 atom stereocenters. The first-order valence-corrected chi connectivity index (χ1v) is 4.64. The van der Waals surface area contributed by atoms with E-state index >= 15 is 0 Å². The summed E-state index contributed by atoms with van der Waals surface area (Å²) in [6.07, 6.45) is -4.74. The Labute approximate surface area is 85.4 Å². The van der Waals surface area contributed by atoms with Crippen LogP contribution in [0.1, 0.15) is 11.1 Å². The van der Waals surface area contributed by atoms with Crippen molar-refractivity contribution in [3.63, 3.8) is 0 Å². The summed E-state index contributed by atoms with van der Waals surface area (Å²) in [6, 6.07) is 3.55. The molecule has 7 heteroatoms. The van der Waals surface area contributed by atoms with E-state index in [9.17, 15) is 21.9 Å². The van der Waals surface area contributed by atoms with Crippen LogP contribution in [0.15, 0.2) is 23.1 Å². The first kappa shape index (κ1) is 11.7. The molecule has 0 spiro atoms. The van der Waals surface area contributed by atoms with Gasteiger partial charge in [0.05, 0.1) is 17.2 Å². The molecule has 0 heterocycles. The van der Waals surface area contributed by atoms with Gasteiger partial charge >= 0.3 is 6.18 Å². The number of nitrogens with zero attached hydrogens (tertiary/aromatic N) is 1. The second-order valence-electron chi connectivity index (χ2n) is 2.55. The topological polar surface area (TPSA) is 63.9 Å². The fourth-order valence-corrected chi connectivity index (χ4v) is 1.35. The largest absolute Gasteiger partial charge is 0.768 e. The molecule has 1 rings (SSSR count). The summed E-state index contributed by atoms with van der Waals surface area (Å²) in [5, 5.41) is 8.41. The number of nitriles is 1. The summed E-state index contributed by atoms with van der Waals surface area (Å²) in [5.41, 5.74) is -1.84. The number of alkyl halides is 3. The second-order valence-corrected chi connectivity index (χ2v) is 3.49. The standard InChI is InChI=1S/C8H4F3NO2S/c9-8(10,11)7-3-6(15(13)14)2-1-5(7)4-12/h1-3H,(H,13,14)/p-1. The minimum atomic E-state index is -4.74. The molecule has 0 fully saturated rings. The number of rotatable bonds is 1. The Balaban J connectivity index is 3.40. The van der Waals surface area contributed by atoms with Gasteiger partial charge in [-0.15, -0.1) is 0 Å². The van der Waals surface area contributed by atoms with Crippen LogP contribution in [0, 0.1) is 11.3 Å². The highest BCUT2D eigenvalue weighted by atomic mass is 32.2. The molecular formula is C8H3F3NO2S-. The zero-order valence-corrected chi connectivity index (χ0v) is 7.85. The third-order valence-electron chi connectivity index (χ3n) is 1.61. The van der Waals surface area contributed by atoms with Crippen molar-refractivity contribution in [3.05, 3.63) is 29.3 Å². The van der Waals surface area contributed by atoms with Gasteiger partial charge in [-0.05, 0) is 29.3 Å². The van der Waals surface area contributed by atoms with E-state index in [2.05, 4.69) is 0 Å². The number of benzene rings is 1. The van der Waals surface area contributed by atoms with Crippen molar-refractivity contribution < 1.29 is 21.9 Å². The van der Waals surface area contributed by atoms with Crippen molar-refractivity contribution in [1.29, 1.82) is 5.26 Å². The van der Waals surface area contributed by atoms with Crippen molar-refractivity contribution in [2.75, 3.05) is 0 Å². The minimum absolute atomic E-state index is 0.432. The monoisotopic (exact) mass is 234 g/mol. The smallest absolute Gasteiger partial charge is 0.417 e. The van der Waals surface area contributed by atoms with Gasteiger partial charge in [-0.1, -0.05) is 0 Å². The van der Waals surface area contributed by atoms with E-state index in [0.29, 0.717) is 6.07 Å². The summed E-state index contributed by atoms with van der Waals surface area (Å²) in [7, 11) is 0. The highest BCUT2D eigenvalue weighted by Crippen LogP contribution is 2.32. The van der Waals surface area contributed by atoms with Gasteiger partial charge in [-0.2, -0.15) is 18.4 Å². The summed E-state index contributed by atoms with van der Waals surface area (Å²) in [4.78, 5) is -0.499. The number of hydrogen-bond acceptors (Lipinski definition) is 3. The second kappa shape index (κ2) is 4.00. The van der Waals surface area contributed by atoms with Crippen molar-refractivity contribution >= 4 is 11.1 Å². The molecule has 1 unspecified atom stereocenters. The molecule has 0 aliphatic heterocycles. The molecule has 15 heavy (non-hydrogen) atoms. The van der Waals surface area contributed by atoms with Crippen LogP contribution in [-0.4, -0.2) is 8.76 Å². The summed E-state index contributed by atoms with van der Waals surface area (Å²) < 4.78 is 57.8. The summed E-state index contributed by atoms with van der Waals surface area (Å²) >= 11 is -2.74. The van der Waals surface area contributed by atoms with E-state index in [1.54, 1.807) is 0 Å². The van der Waals surface area contributed by atoms with E-state index in [1.165, 1.54) is 6.07 Å². The molecule has 3 nitrogen and oxygen atoms in total. The third kappa shape index (κ3) is 2.55. The average molecular weight is 234 g/mol. The lowest BCUT2D eigenvalue weighted by atomic mass is 10.1. The van der Waals surface area contributed by atoms with Gasteiger partial charge in [0, 0.05) is 4.90 Å². The van der Waals surface area contributed by atoms with Gasteiger partial charge in [0.1, 0.15) is 0 Å². The third-order valence-corrected chi connectivity index (χ3v) is 2.25. The number of hydrogen-bond donors (Lipinski definition) is 0. The number of halogens is 3. The lowest BCUT2D eigenvalue weighted by Crippen LogP contribution is -2.08. The molecule has 0 radical (unpaired) electrons. The molecule has 0 aliphatic rings. The van der Waals surface area contributed by atoms with Crippen molar-refractivity contribution in [2.45, 2.75) is 11.1 Å². The molecule has 0 amide bonds. The fraction of sp³-hybridized carbons (Fsp3) is 0.125. The van der Waals surface area contributed by atoms with Crippen LogP contribution >= 0.6 is 0 Å². The van der Waals surface area contributed by atoms with Crippen molar-refractivity contribution in [2.24, 2.45) is 0 Å². The van der Waals surface area contributed by atoms with Crippen molar-refractivity contribution in [3.8, 4) is 6.07 Å². The average Bonchev–Trinajstić information content (AvgIpc) is 2.15. The first-order valence-electron chi connectivity index (χ1n) is 3.57. The summed E-state index contributed by atoms with van der Waals surface area (Å²) in [5.74, 6) is 0. The van der Waals surface area contributed by atoms with Gasteiger partial charge in [0.15, 0.2) is 0 Å². The molecule has 0 aromatic heterocycles. The lowest BCUT2D eigenvalue weighted by molar-refractivity contribution is -0.137. The maximum absolute atomic E-state index is 12.3. The van der Waals surface area contributed by atoms with E-state index in [0.717, 1.165) is 12.1 Å². The Morgan fingerprint density at radius 3 is 2.40 bits per heavy atom. The SMILES string of the molecule is N#Cc1ccc(S(=O)[O-])cc1C(F)(F)F. The predicted octanol–water partition coefficient (Wildman–Crippen LogP) is 1.82. The van der Waals surface area contributed by atoms with Crippen LogP contribution < -0.4 is 0 Å². The first-order chi connectivity index (χ1) is 6.86. The Kier molecular flexibility index (Phi) is 3.12. The van der Waals surface area contributed by atoms with E-state index in [-0.39, 0.29) is 0 Å². The normalized spacial score (nSPS) is 13.3. The van der Waals surface area contributed by atoms with Crippen LogP contribution in [0.5, 0.6) is 0 Å². The van der Waals surface area contributed by atoms with E-state index in [1.807, 2.05) is 0 Å². The molecule has 1 aromatic carbocycles. The van der Waals surface area contributed by atoms with Crippen LogP contribution in [0.25, 0.3) is 0 Å². The van der Waals surface area contributed by atoms with Crippen LogP contribution in [-0.2, 0) is 17.3 Å². The van der Waals surface area contributed by atoms with Gasteiger partial charge in [0.25, 0.3) is 0 Å². The fourth-order valence-electron chi connectivity index (χ4n) is 0.959. The molecule has 0 saturated heterocycles. The Bertz CT molecular complexity index is 450. The van der Waals surface area contributed by atoms with Gasteiger partial charge in [0.2, 0.25) is 0 Å². The maximum Gasteiger partial charge on any atom is 0.417 e. The minimum Gasteiger partial charge on any atom is -0.768 e. The molecular weight excluding hydrogens is 231 g/mol. The maximum atomic E-state index is 12.3. The molecule has 0 bridgehead atoms. The van der Waals surface area contributed by atoms with Crippen LogP contribution in [0.4, 0.5) is 13.2 Å². The Morgan fingerprint density at radius 2 is 2.00 bits per heavy atom. The zero-order valence-electron chi connectivity index (χ0n) is 7.04. The zero-order chi connectivity index (χ0) is 11.6. The van der Waals surface area contributed by atoms with Crippen molar-refractivity contribution in [1.82, 2.24) is 0 Å². The highest BCUT2D eigenvalue weighted by Gasteiger charge is 2.33. The van der Waals surface area contributed by atoms with E-state index < -0.39 is 33.3 Å². The molecule has 1 aromatic rings. The van der Waals surface area contributed by atoms with E-state index in [4.69, 9.17) is 5.26 Å². The Hall–Kier alpha value is -1.39. The molecule has 80 valence electrons. The quantitative estimate of drug-likeness (QED) is 0.696. The van der Waals surface area contributed by atoms with Crippen LogP contribution in [0.3, 0.4) is 0 Å². The molecule has 0 saturated carbocycles. The predicted molar refractivity (Wildman–Crippen MR) is 43.3 cm³/mol. The lowest BCUT2D eigenvalue weighted by Gasteiger charge is -2.11. The van der Waals surface area contributed by atoms with Gasteiger partial charge in [-0.25, -0.2) is 0 Å². The molecule has 0 aliphatic carbocycles. The van der Waals surface area contributed by atoms with Gasteiger partial charge < -0.3 is 4.55 Å². The molecule has 0 N–H and O–H groups in total. The highest BCUT2D eigenvalue weighted by molar-refractivity contribution is 7.79. The summed E-state index contributed by atoms with van der Waals surface area (Å²) in [6.45, 7) is 0. The van der Waals surface area contributed by atoms with Crippen LogP contribution in [0.2, 0.25) is 0 Å². The Morgan fingerprint density at radius 1 is 1.40 bits per heavy atom.